The van der Waals surface area contributed by atoms with Gasteiger partial charge in [-0.1, -0.05) is 36.4 Å². The molecule has 45 heavy (non-hydrogen) atoms. The summed E-state index contributed by atoms with van der Waals surface area (Å²) in [6.45, 7) is 10.1. The molecule has 4 aliphatic rings. The fourth-order valence-electron chi connectivity index (χ4n) is 8.70. The predicted molar refractivity (Wildman–Crippen MR) is 183 cm³/mol. The van der Waals surface area contributed by atoms with Crippen LogP contribution in [0.4, 0.5) is 5.69 Å². The second-order valence-electron chi connectivity index (χ2n) is 15.0. The van der Waals surface area contributed by atoms with Gasteiger partial charge >= 0.3 is 0 Å². The lowest BCUT2D eigenvalue weighted by molar-refractivity contribution is -0.137. The summed E-state index contributed by atoms with van der Waals surface area (Å²) < 4.78 is 0. The number of rotatable bonds is 9. The molecule has 0 aromatic heterocycles. The number of nitrogens with zero attached hydrogens (tertiary/aromatic N) is 3. The second-order valence-corrected chi connectivity index (χ2v) is 15.0. The molecular weight excluding hydrogens is 556 g/mol. The smallest absolute Gasteiger partial charge is 0.223 e. The molecule has 2 aromatic rings. The van der Waals surface area contributed by atoms with Gasteiger partial charge in [-0.25, -0.2) is 0 Å². The van der Waals surface area contributed by atoms with Gasteiger partial charge < -0.3 is 15.1 Å². The van der Waals surface area contributed by atoms with Crippen LogP contribution in [0.15, 0.2) is 42.5 Å². The van der Waals surface area contributed by atoms with Gasteiger partial charge in [0.2, 0.25) is 5.91 Å². The monoisotopic (exact) mass is 612 g/mol. The Balaban J connectivity index is 1.03. The molecule has 1 saturated carbocycles. The maximum absolute atomic E-state index is 14.0. The van der Waals surface area contributed by atoms with Crippen LogP contribution in [0.3, 0.4) is 0 Å². The highest BCUT2D eigenvalue weighted by Crippen LogP contribution is 2.39. The van der Waals surface area contributed by atoms with Crippen LogP contribution in [0.2, 0.25) is 0 Å². The van der Waals surface area contributed by atoms with Crippen molar-refractivity contribution in [1.82, 2.24) is 14.7 Å². The third-order valence-corrected chi connectivity index (χ3v) is 11.9. The molecule has 1 atom stereocenters. The lowest BCUT2D eigenvalue weighted by Gasteiger charge is -2.41. The number of benzene rings is 2. The molecule has 0 bridgehead atoms. The van der Waals surface area contributed by atoms with Gasteiger partial charge in [0.25, 0.3) is 0 Å². The van der Waals surface area contributed by atoms with Crippen LogP contribution >= 0.6 is 0 Å². The van der Waals surface area contributed by atoms with E-state index in [9.17, 15) is 9.59 Å². The summed E-state index contributed by atoms with van der Waals surface area (Å²) in [4.78, 5) is 34.8. The first kappa shape index (κ1) is 32.2. The number of carbonyl (C=O) groups is 2. The Morgan fingerprint density at radius 1 is 0.844 bits per heavy atom. The van der Waals surface area contributed by atoms with Gasteiger partial charge in [-0.3, -0.25) is 14.5 Å². The average molecular weight is 613 g/mol. The van der Waals surface area contributed by atoms with Crippen molar-refractivity contribution in [3.05, 3.63) is 64.7 Å². The highest BCUT2D eigenvalue weighted by molar-refractivity contribution is 5.87. The first-order chi connectivity index (χ1) is 21.8. The SMILES string of the molecule is Cc1ccc(CC(CC(=O)N2CCC(N3CNc4ccccc4C3)CC2)C(=O)CC2CCC(C3CCN(C)CC3)CC2)cc1C. The summed E-state index contributed by atoms with van der Waals surface area (Å²) in [5.74, 6) is 2.46. The minimum absolute atomic E-state index is 0.170. The summed E-state index contributed by atoms with van der Waals surface area (Å²) in [5, 5.41) is 3.57. The van der Waals surface area contributed by atoms with E-state index in [1.807, 2.05) is 0 Å². The van der Waals surface area contributed by atoms with E-state index in [2.05, 4.69) is 83.4 Å². The Kier molecular flexibility index (Phi) is 10.6. The number of piperidine rings is 2. The molecule has 3 heterocycles. The quantitative estimate of drug-likeness (QED) is 0.336. The Labute approximate surface area is 271 Å². The largest absolute Gasteiger partial charge is 0.372 e. The fourth-order valence-corrected chi connectivity index (χ4v) is 8.70. The second kappa shape index (κ2) is 14.8. The number of para-hydroxylation sites is 1. The van der Waals surface area contributed by atoms with E-state index in [0.717, 1.165) is 51.0 Å². The average Bonchev–Trinajstić information content (AvgIpc) is 3.06. The number of likely N-dealkylation sites (tertiary alicyclic amines) is 2. The van der Waals surface area contributed by atoms with Crippen molar-refractivity contribution in [3.8, 4) is 0 Å². The van der Waals surface area contributed by atoms with Crippen LogP contribution in [-0.4, -0.2) is 72.3 Å². The molecule has 3 fully saturated rings. The van der Waals surface area contributed by atoms with Crippen LogP contribution in [0.1, 0.15) is 86.5 Å². The lowest BCUT2D eigenvalue weighted by atomic mass is 9.71. The van der Waals surface area contributed by atoms with Gasteiger partial charge in [0, 0.05) is 50.1 Å². The number of hydrogen-bond donors (Lipinski definition) is 1. The van der Waals surface area contributed by atoms with E-state index in [4.69, 9.17) is 0 Å². The Hall–Kier alpha value is -2.70. The zero-order valence-electron chi connectivity index (χ0n) is 28.1. The third kappa shape index (κ3) is 8.18. The van der Waals surface area contributed by atoms with E-state index in [1.165, 1.54) is 79.6 Å². The molecule has 0 spiro atoms. The maximum atomic E-state index is 14.0. The van der Waals surface area contributed by atoms with Crippen molar-refractivity contribution in [3.63, 3.8) is 0 Å². The molecule has 2 aromatic carbocycles. The van der Waals surface area contributed by atoms with Crippen LogP contribution in [0.25, 0.3) is 0 Å². The molecule has 6 rings (SSSR count). The number of carbonyl (C=O) groups excluding carboxylic acids is 2. The molecule has 3 aliphatic heterocycles. The van der Waals surface area contributed by atoms with Gasteiger partial charge in [-0.15, -0.1) is 0 Å². The Morgan fingerprint density at radius 3 is 2.29 bits per heavy atom. The van der Waals surface area contributed by atoms with Crippen molar-refractivity contribution < 1.29 is 9.59 Å². The van der Waals surface area contributed by atoms with Crippen molar-refractivity contribution in [2.24, 2.45) is 23.7 Å². The van der Waals surface area contributed by atoms with E-state index >= 15 is 0 Å². The van der Waals surface area contributed by atoms with Crippen molar-refractivity contribution in [2.75, 3.05) is 45.2 Å². The maximum Gasteiger partial charge on any atom is 0.223 e. The molecule has 1 amide bonds. The number of amides is 1. The predicted octanol–water partition coefficient (Wildman–Crippen LogP) is 6.84. The van der Waals surface area contributed by atoms with Gasteiger partial charge in [0.05, 0.1) is 6.67 Å². The van der Waals surface area contributed by atoms with Crippen molar-refractivity contribution >= 4 is 17.4 Å². The summed E-state index contributed by atoms with van der Waals surface area (Å²) in [7, 11) is 2.24. The zero-order chi connectivity index (χ0) is 31.3. The third-order valence-electron chi connectivity index (χ3n) is 11.9. The highest BCUT2D eigenvalue weighted by atomic mass is 16.2. The Morgan fingerprint density at radius 2 is 1.56 bits per heavy atom. The van der Waals surface area contributed by atoms with E-state index in [-0.39, 0.29) is 11.8 Å². The number of hydrogen-bond acceptors (Lipinski definition) is 5. The number of ketones is 1. The highest BCUT2D eigenvalue weighted by Gasteiger charge is 2.34. The molecular formula is C39H56N4O2. The topological polar surface area (TPSA) is 55.9 Å². The van der Waals surface area contributed by atoms with E-state index in [0.29, 0.717) is 37.0 Å². The van der Waals surface area contributed by atoms with E-state index < -0.39 is 0 Å². The van der Waals surface area contributed by atoms with Crippen LogP contribution in [-0.2, 0) is 22.6 Å². The number of Topliss-reactive ketones (excluding diaryl/α,β-unsaturated/α-hetero) is 1. The molecule has 1 N–H and O–H groups in total. The lowest BCUT2D eigenvalue weighted by Crippen LogP contribution is -2.49. The van der Waals surface area contributed by atoms with Crippen LogP contribution in [0.5, 0.6) is 0 Å². The molecule has 1 aliphatic carbocycles. The normalized spacial score (nSPS) is 24.6. The molecule has 1 unspecified atom stereocenters. The van der Waals surface area contributed by atoms with Crippen LogP contribution in [0, 0.1) is 37.5 Å². The Bertz CT molecular complexity index is 1300. The standard InChI is InChI=1S/C39H56N4O2/c1-28-8-9-31(22-29(28)2)23-35(38(44)24-30-10-12-32(13-11-30)33-14-18-41(3)19-15-33)25-39(45)42-20-16-36(17-21-42)43-26-34-6-4-5-7-37(34)40-27-43/h4-9,22,30,32-33,35-36,40H,10-21,23-27H2,1-3H3. The summed E-state index contributed by atoms with van der Waals surface area (Å²) in [6, 6.07) is 15.6. The van der Waals surface area contributed by atoms with Crippen molar-refractivity contribution in [1.29, 1.82) is 0 Å². The minimum atomic E-state index is -0.230. The van der Waals surface area contributed by atoms with Crippen LogP contribution < -0.4 is 5.32 Å². The zero-order valence-corrected chi connectivity index (χ0v) is 28.1. The van der Waals surface area contributed by atoms with Gasteiger partial charge in [-0.05, 0) is 138 Å². The first-order valence-corrected chi connectivity index (χ1v) is 17.9. The molecule has 2 saturated heterocycles. The molecule has 6 heteroatoms. The number of nitrogens with one attached hydrogen (secondary N) is 1. The first-order valence-electron chi connectivity index (χ1n) is 17.9. The fraction of sp³-hybridized carbons (Fsp3) is 0.641. The summed E-state index contributed by atoms with van der Waals surface area (Å²) in [6.07, 6.45) is 11.2. The van der Waals surface area contributed by atoms with Gasteiger partial charge in [0.1, 0.15) is 5.78 Å². The van der Waals surface area contributed by atoms with Gasteiger partial charge in [0.15, 0.2) is 0 Å². The molecule has 0 radical (unpaired) electrons. The summed E-state index contributed by atoms with van der Waals surface area (Å²) >= 11 is 0. The van der Waals surface area contributed by atoms with E-state index in [1.54, 1.807) is 0 Å². The number of anilines is 1. The molecule has 6 nitrogen and oxygen atoms in total. The van der Waals surface area contributed by atoms with Crippen molar-refractivity contribution in [2.45, 2.75) is 97.1 Å². The number of aryl methyl sites for hydroxylation is 2. The number of fused-ring (bicyclic) bond motifs is 1. The summed E-state index contributed by atoms with van der Waals surface area (Å²) in [5.41, 5.74) is 6.31. The minimum Gasteiger partial charge on any atom is -0.372 e. The van der Waals surface area contributed by atoms with Gasteiger partial charge in [-0.2, -0.15) is 0 Å². The molecule has 244 valence electrons.